The van der Waals surface area contributed by atoms with E-state index in [2.05, 4.69) is 10.3 Å². The number of rotatable bonds is 4. The lowest BCUT2D eigenvalue weighted by Gasteiger charge is -2.06. The fourth-order valence-electron chi connectivity index (χ4n) is 1.77. The van der Waals surface area contributed by atoms with E-state index in [1.54, 1.807) is 36.4 Å². The van der Waals surface area contributed by atoms with Gasteiger partial charge in [-0.05, 0) is 6.07 Å². The van der Waals surface area contributed by atoms with Crippen LogP contribution in [0.2, 0.25) is 5.02 Å². The number of aromatic nitrogens is 3. The molecule has 0 aliphatic heterocycles. The zero-order valence-electron chi connectivity index (χ0n) is 10.4. The van der Waals surface area contributed by atoms with Gasteiger partial charge in [0, 0.05) is 45.1 Å². The van der Waals surface area contributed by atoms with Gasteiger partial charge in [0.15, 0.2) is 0 Å². The first-order valence-corrected chi connectivity index (χ1v) is 6.01. The molecular formula is C12H15ClN4O. The maximum absolute atomic E-state index is 11.9. The molecule has 2 aromatic heterocycles. The largest absolute Gasteiger partial charge is 0.350 e. The van der Waals surface area contributed by atoms with Gasteiger partial charge in [0.25, 0.3) is 5.91 Å². The highest BCUT2D eigenvalue weighted by atomic mass is 35.5. The first kappa shape index (κ1) is 12.7. The van der Waals surface area contributed by atoms with Crippen LogP contribution in [-0.4, -0.2) is 26.6 Å². The molecule has 18 heavy (non-hydrogen) atoms. The normalized spacial score (nSPS) is 10.6. The second-order valence-corrected chi connectivity index (χ2v) is 4.59. The molecule has 0 aliphatic carbocycles. The molecule has 0 spiro atoms. The van der Waals surface area contributed by atoms with Crippen molar-refractivity contribution in [3.63, 3.8) is 0 Å². The molecule has 0 saturated carbocycles. The Bertz CT molecular complexity index is 558. The minimum atomic E-state index is -0.119. The van der Waals surface area contributed by atoms with E-state index in [9.17, 15) is 4.79 Å². The van der Waals surface area contributed by atoms with E-state index in [4.69, 9.17) is 11.6 Å². The number of hydrogen-bond donors (Lipinski definition) is 1. The Morgan fingerprint density at radius 2 is 2.22 bits per heavy atom. The number of halogens is 1. The number of nitrogens with zero attached hydrogens (tertiary/aromatic N) is 3. The van der Waals surface area contributed by atoms with Crippen LogP contribution >= 0.6 is 11.6 Å². The van der Waals surface area contributed by atoms with Crippen LogP contribution < -0.4 is 5.32 Å². The van der Waals surface area contributed by atoms with Crippen LogP contribution in [0.5, 0.6) is 0 Å². The highest BCUT2D eigenvalue weighted by Gasteiger charge is 2.10. The van der Waals surface area contributed by atoms with Gasteiger partial charge in [-0.2, -0.15) is 0 Å². The van der Waals surface area contributed by atoms with Gasteiger partial charge in [-0.3, -0.25) is 4.79 Å². The van der Waals surface area contributed by atoms with Gasteiger partial charge in [-0.25, -0.2) is 4.98 Å². The van der Waals surface area contributed by atoms with Crippen molar-refractivity contribution in [3.8, 4) is 0 Å². The molecule has 2 heterocycles. The monoisotopic (exact) mass is 266 g/mol. The minimum Gasteiger partial charge on any atom is -0.350 e. The van der Waals surface area contributed by atoms with Crippen molar-refractivity contribution in [1.29, 1.82) is 0 Å². The molecule has 0 radical (unpaired) electrons. The second-order valence-electron chi connectivity index (χ2n) is 4.16. The van der Waals surface area contributed by atoms with Gasteiger partial charge in [0.05, 0.1) is 11.3 Å². The average molecular weight is 267 g/mol. The number of hydrogen-bond acceptors (Lipinski definition) is 2. The second kappa shape index (κ2) is 5.27. The van der Waals surface area contributed by atoms with E-state index >= 15 is 0 Å². The third-order valence-corrected chi connectivity index (χ3v) is 2.99. The zero-order chi connectivity index (χ0) is 13.1. The van der Waals surface area contributed by atoms with E-state index in [1.807, 2.05) is 11.6 Å². The SMILES string of the molecule is Cn1cncc1CCNC(=O)c1cc(Cl)cn1C. The van der Waals surface area contributed by atoms with Gasteiger partial charge >= 0.3 is 0 Å². The molecule has 0 fully saturated rings. The fraction of sp³-hybridized carbons (Fsp3) is 0.333. The van der Waals surface area contributed by atoms with Crippen molar-refractivity contribution in [2.24, 2.45) is 14.1 Å². The molecule has 0 unspecified atom stereocenters. The number of aryl methyl sites for hydroxylation is 2. The summed E-state index contributed by atoms with van der Waals surface area (Å²) in [6.45, 7) is 0.571. The van der Waals surface area contributed by atoms with Crippen molar-refractivity contribution in [2.45, 2.75) is 6.42 Å². The quantitative estimate of drug-likeness (QED) is 0.909. The molecule has 0 saturated heterocycles. The van der Waals surface area contributed by atoms with Crippen molar-refractivity contribution in [1.82, 2.24) is 19.4 Å². The van der Waals surface area contributed by atoms with E-state index in [0.29, 0.717) is 17.3 Å². The van der Waals surface area contributed by atoms with E-state index in [0.717, 1.165) is 12.1 Å². The molecule has 6 heteroatoms. The van der Waals surface area contributed by atoms with Crippen molar-refractivity contribution in [2.75, 3.05) is 6.54 Å². The van der Waals surface area contributed by atoms with Gasteiger partial charge in [0.1, 0.15) is 5.69 Å². The standard InChI is InChI=1S/C12H15ClN4O/c1-16-7-9(13)5-11(16)12(18)15-4-3-10-6-14-8-17(10)2/h5-8H,3-4H2,1-2H3,(H,15,18). The molecule has 1 N–H and O–H groups in total. The molecule has 5 nitrogen and oxygen atoms in total. The number of carbonyl (C=O) groups is 1. The molecule has 0 bridgehead atoms. The van der Waals surface area contributed by atoms with E-state index in [1.165, 1.54) is 0 Å². The molecule has 0 atom stereocenters. The molecule has 96 valence electrons. The van der Waals surface area contributed by atoms with Crippen LogP contribution in [-0.2, 0) is 20.5 Å². The number of nitrogens with one attached hydrogen (secondary N) is 1. The van der Waals surface area contributed by atoms with Crippen LogP contribution in [0.25, 0.3) is 0 Å². The third-order valence-electron chi connectivity index (χ3n) is 2.79. The minimum absolute atomic E-state index is 0.119. The summed E-state index contributed by atoms with van der Waals surface area (Å²) < 4.78 is 3.65. The van der Waals surface area contributed by atoms with Crippen LogP contribution in [0, 0.1) is 0 Å². The summed E-state index contributed by atoms with van der Waals surface area (Å²) in [5.41, 5.74) is 1.64. The van der Waals surface area contributed by atoms with Crippen LogP contribution in [0.3, 0.4) is 0 Å². The number of amides is 1. The van der Waals surface area contributed by atoms with Gasteiger partial charge in [-0.15, -0.1) is 0 Å². The predicted octanol–water partition coefficient (Wildman–Crippen LogP) is 1.38. The predicted molar refractivity (Wildman–Crippen MR) is 69.7 cm³/mol. The summed E-state index contributed by atoms with van der Waals surface area (Å²) in [4.78, 5) is 15.9. The van der Waals surface area contributed by atoms with Crippen LogP contribution in [0.4, 0.5) is 0 Å². The Morgan fingerprint density at radius 1 is 1.44 bits per heavy atom. The summed E-state index contributed by atoms with van der Waals surface area (Å²) in [5, 5.41) is 3.42. The first-order valence-electron chi connectivity index (χ1n) is 5.63. The Labute approximate surface area is 110 Å². The van der Waals surface area contributed by atoms with E-state index in [-0.39, 0.29) is 5.91 Å². The summed E-state index contributed by atoms with van der Waals surface area (Å²) in [5.74, 6) is -0.119. The van der Waals surface area contributed by atoms with Gasteiger partial charge in [-0.1, -0.05) is 11.6 Å². The molecule has 0 aromatic carbocycles. The Hall–Kier alpha value is -1.75. The highest BCUT2D eigenvalue weighted by molar-refractivity contribution is 6.31. The molecular weight excluding hydrogens is 252 g/mol. The molecule has 1 amide bonds. The lowest BCUT2D eigenvalue weighted by Crippen LogP contribution is -2.27. The summed E-state index contributed by atoms with van der Waals surface area (Å²) >= 11 is 5.83. The zero-order valence-corrected chi connectivity index (χ0v) is 11.1. The lowest BCUT2D eigenvalue weighted by molar-refractivity contribution is 0.0946. The average Bonchev–Trinajstić information content (AvgIpc) is 2.85. The van der Waals surface area contributed by atoms with Gasteiger partial charge < -0.3 is 14.5 Å². The van der Waals surface area contributed by atoms with Crippen LogP contribution in [0.15, 0.2) is 24.8 Å². The summed E-state index contributed by atoms with van der Waals surface area (Å²) in [6.07, 6.45) is 6.00. The molecule has 2 rings (SSSR count). The summed E-state index contributed by atoms with van der Waals surface area (Å²) in [6, 6.07) is 1.65. The summed E-state index contributed by atoms with van der Waals surface area (Å²) in [7, 11) is 3.73. The van der Waals surface area contributed by atoms with E-state index < -0.39 is 0 Å². The highest BCUT2D eigenvalue weighted by Crippen LogP contribution is 2.12. The Morgan fingerprint density at radius 3 is 2.78 bits per heavy atom. The number of imidazole rings is 1. The lowest BCUT2D eigenvalue weighted by atomic mass is 10.3. The molecule has 0 aliphatic rings. The molecule has 2 aromatic rings. The maximum Gasteiger partial charge on any atom is 0.267 e. The third kappa shape index (κ3) is 2.73. The first-order chi connectivity index (χ1) is 8.58. The van der Waals surface area contributed by atoms with Crippen molar-refractivity contribution >= 4 is 17.5 Å². The fourth-order valence-corrected chi connectivity index (χ4v) is 2.02. The van der Waals surface area contributed by atoms with Crippen molar-refractivity contribution in [3.05, 3.63) is 41.2 Å². The number of carbonyl (C=O) groups excluding carboxylic acids is 1. The van der Waals surface area contributed by atoms with Crippen LogP contribution in [0.1, 0.15) is 16.2 Å². The smallest absolute Gasteiger partial charge is 0.267 e. The van der Waals surface area contributed by atoms with Crippen molar-refractivity contribution < 1.29 is 4.79 Å². The maximum atomic E-state index is 11.9. The Kier molecular flexibility index (Phi) is 3.72. The van der Waals surface area contributed by atoms with Gasteiger partial charge in [0.2, 0.25) is 0 Å². The Balaban J connectivity index is 1.89. The topological polar surface area (TPSA) is 51.9 Å².